The average Bonchev–Trinajstić information content (AvgIpc) is 2.71. The van der Waals surface area contributed by atoms with Crippen LogP contribution in [0.3, 0.4) is 0 Å². The molecule has 0 fully saturated rings. The van der Waals surface area contributed by atoms with Crippen LogP contribution in [0.2, 0.25) is 0 Å². The molecule has 1 amide bonds. The third kappa shape index (κ3) is 6.42. The molecule has 0 radical (unpaired) electrons. The zero-order chi connectivity index (χ0) is 20.4. The summed E-state index contributed by atoms with van der Waals surface area (Å²) in [7, 11) is 3.13. The minimum atomic E-state index is -0.308. The van der Waals surface area contributed by atoms with Crippen molar-refractivity contribution in [1.29, 1.82) is 0 Å². The van der Waals surface area contributed by atoms with Crippen LogP contribution < -0.4 is 24.8 Å². The number of amides is 1. The van der Waals surface area contributed by atoms with E-state index in [0.29, 0.717) is 29.4 Å². The molecule has 0 aliphatic heterocycles. The van der Waals surface area contributed by atoms with Gasteiger partial charge in [-0.2, -0.15) is 0 Å². The van der Waals surface area contributed by atoms with Crippen molar-refractivity contribution >= 4 is 28.9 Å². The number of nitrogens with one attached hydrogen (secondary N) is 2. The fraction of sp³-hybridized carbons (Fsp3) is 0.333. The van der Waals surface area contributed by atoms with Gasteiger partial charge in [-0.05, 0) is 55.0 Å². The molecule has 0 saturated carbocycles. The lowest BCUT2D eigenvalue weighted by atomic mass is 10.2. The molecule has 0 heterocycles. The molecule has 0 spiro atoms. The van der Waals surface area contributed by atoms with E-state index in [1.54, 1.807) is 56.7 Å². The maximum absolute atomic E-state index is 12.4. The van der Waals surface area contributed by atoms with Crippen LogP contribution in [0.25, 0.3) is 0 Å². The average molecular weight is 403 g/mol. The first-order chi connectivity index (χ1) is 13.6. The second-order valence-corrected chi connectivity index (χ2v) is 6.46. The Balaban J connectivity index is 1.92. The lowest BCUT2D eigenvalue weighted by Crippen LogP contribution is -2.34. The number of hydrogen-bond acceptors (Lipinski definition) is 5. The number of benzene rings is 2. The molecule has 0 aliphatic rings. The third-order valence-corrected chi connectivity index (χ3v) is 4.22. The number of rotatable bonds is 9. The van der Waals surface area contributed by atoms with Crippen LogP contribution in [0.4, 0.5) is 5.69 Å². The maximum atomic E-state index is 12.4. The number of thiocarbonyl (C=S) groups is 1. The molecule has 28 heavy (non-hydrogen) atoms. The normalized spacial score (nSPS) is 10.1. The minimum absolute atomic E-state index is 0.163. The summed E-state index contributed by atoms with van der Waals surface area (Å²) in [5.74, 6) is 1.67. The van der Waals surface area contributed by atoms with Crippen molar-refractivity contribution in [2.24, 2.45) is 0 Å². The van der Waals surface area contributed by atoms with Gasteiger partial charge in [0.05, 0.1) is 26.5 Å². The summed E-state index contributed by atoms with van der Waals surface area (Å²) in [6, 6.07) is 12.2. The molecule has 0 atom stereocenters. The third-order valence-electron chi connectivity index (χ3n) is 4.02. The van der Waals surface area contributed by atoms with Gasteiger partial charge in [0.25, 0.3) is 5.91 Å². The van der Waals surface area contributed by atoms with Crippen LogP contribution in [-0.2, 0) is 0 Å². The van der Waals surface area contributed by atoms with E-state index >= 15 is 0 Å². The Morgan fingerprint density at radius 1 is 1.00 bits per heavy atom. The molecule has 2 N–H and O–H groups in total. The number of methoxy groups -OCH3 is 2. The van der Waals surface area contributed by atoms with Gasteiger partial charge >= 0.3 is 0 Å². The number of carbonyl (C=O) groups is 1. The first-order valence-corrected chi connectivity index (χ1v) is 9.55. The standard InChI is InChI=1S/C21H26N2O4S/c1-4-5-6-13-27-16-9-7-15(8-10-16)20(24)23-21(28)22-18-14-17(25-2)11-12-19(18)26-3/h7-12,14H,4-6,13H2,1-3H3,(H2,22,23,24,28). The van der Waals surface area contributed by atoms with Crippen LogP contribution >= 0.6 is 12.2 Å². The highest BCUT2D eigenvalue weighted by molar-refractivity contribution is 7.80. The fourth-order valence-electron chi connectivity index (χ4n) is 2.49. The van der Waals surface area contributed by atoms with Gasteiger partial charge in [-0.15, -0.1) is 0 Å². The molecule has 0 saturated heterocycles. The zero-order valence-electron chi connectivity index (χ0n) is 16.4. The number of unbranched alkanes of at least 4 members (excludes halogenated alkanes) is 2. The van der Waals surface area contributed by atoms with Gasteiger partial charge in [-0.1, -0.05) is 19.8 Å². The van der Waals surface area contributed by atoms with Crippen molar-refractivity contribution in [1.82, 2.24) is 5.32 Å². The van der Waals surface area contributed by atoms with Crippen molar-refractivity contribution in [2.45, 2.75) is 26.2 Å². The Morgan fingerprint density at radius 3 is 2.36 bits per heavy atom. The summed E-state index contributed by atoms with van der Waals surface area (Å²) in [5, 5.41) is 5.78. The monoisotopic (exact) mass is 402 g/mol. The molecule has 2 rings (SSSR count). The zero-order valence-corrected chi connectivity index (χ0v) is 17.2. The lowest BCUT2D eigenvalue weighted by Gasteiger charge is -2.14. The summed E-state index contributed by atoms with van der Waals surface area (Å²) >= 11 is 5.24. The molecule has 0 unspecified atom stereocenters. The predicted octanol–water partition coefficient (Wildman–Crippen LogP) is 4.40. The van der Waals surface area contributed by atoms with E-state index in [1.165, 1.54) is 0 Å². The number of hydrogen-bond donors (Lipinski definition) is 2. The predicted molar refractivity (Wildman–Crippen MR) is 115 cm³/mol. The smallest absolute Gasteiger partial charge is 0.257 e. The molecule has 0 aliphatic carbocycles. The fourth-order valence-corrected chi connectivity index (χ4v) is 2.69. The first kappa shape index (κ1) is 21.5. The summed E-state index contributed by atoms with van der Waals surface area (Å²) in [6.45, 7) is 2.83. The van der Waals surface area contributed by atoms with Gasteiger partial charge in [0.1, 0.15) is 17.2 Å². The lowest BCUT2D eigenvalue weighted by molar-refractivity contribution is 0.0977. The quantitative estimate of drug-likeness (QED) is 0.479. The van der Waals surface area contributed by atoms with Crippen LogP contribution in [0, 0.1) is 0 Å². The van der Waals surface area contributed by atoms with Crippen LogP contribution in [0.5, 0.6) is 17.2 Å². The van der Waals surface area contributed by atoms with Crippen molar-refractivity contribution in [2.75, 3.05) is 26.1 Å². The van der Waals surface area contributed by atoms with E-state index in [-0.39, 0.29) is 11.0 Å². The summed E-state index contributed by atoms with van der Waals surface area (Å²) in [4.78, 5) is 12.4. The van der Waals surface area contributed by atoms with Gasteiger partial charge in [0.15, 0.2) is 5.11 Å². The molecule has 7 heteroatoms. The van der Waals surface area contributed by atoms with Gasteiger partial charge < -0.3 is 19.5 Å². The second-order valence-electron chi connectivity index (χ2n) is 6.05. The van der Waals surface area contributed by atoms with Crippen molar-refractivity contribution in [3.05, 3.63) is 48.0 Å². The van der Waals surface area contributed by atoms with Gasteiger partial charge in [-0.25, -0.2) is 0 Å². The summed E-state index contributed by atoms with van der Waals surface area (Å²) in [6.07, 6.45) is 3.31. The van der Waals surface area contributed by atoms with E-state index in [2.05, 4.69) is 17.6 Å². The Kier molecular flexibility index (Phi) is 8.55. The Hall–Kier alpha value is -2.80. The maximum Gasteiger partial charge on any atom is 0.257 e. The van der Waals surface area contributed by atoms with Crippen molar-refractivity contribution in [3.8, 4) is 17.2 Å². The molecule has 0 bridgehead atoms. The molecule has 6 nitrogen and oxygen atoms in total. The summed E-state index contributed by atoms with van der Waals surface area (Å²) in [5.41, 5.74) is 1.09. The first-order valence-electron chi connectivity index (χ1n) is 9.14. The largest absolute Gasteiger partial charge is 0.497 e. The van der Waals surface area contributed by atoms with Gasteiger partial charge in [-0.3, -0.25) is 10.1 Å². The van der Waals surface area contributed by atoms with E-state index in [0.717, 1.165) is 25.0 Å². The van der Waals surface area contributed by atoms with E-state index < -0.39 is 0 Å². The molecule has 2 aromatic carbocycles. The van der Waals surface area contributed by atoms with E-state index in [1.807, 2.05) is 0 Å². The molecule has 2 aromatic rings. The summed E-state index contributed by atoms with van der Waals surface area (Å²) < 4.78 is 16.1. The number of ether oxygens (including phenoxy) is 3. The highest BCUT2D eigenvalue weighted by Crippen LogP contribution is 2.28. The molecule has 0 aromatic heterocycles. The molecular formula is C21H26N2O4S. The van der Waals surface area contributed by atoms with E-state index in [9.17, 15) is 4.79 Å². The molecule has 150 valence electrons. The Labute approximate surface area is 171 Å². The minimum Gasteiger partial charge on any atom is -0.497 e. The SMILES string of the molecule is CCCCCOc1ccc(C(=O)NC(=S)Nc2cc(OC)ccc2OC)cc1. The van der Waals surface area contributed by atoms with Crippen molar-refractivity contribution < 1.29 is 19.0 Å². The number of carbonyl (C=O) groups excluding carboxylic acids is 1. The topological polar surface area (TPSA) is 68.8 Å². The van der Waals surface area contributed by atoms with Gasteiger partial charge in [0.2, 0.25) is 0 Å². The highest BCUT2D eigenvalue weighted by Gasteiger charge is 2.11. The van der Waals surface area contributed by atoms with Crippen LogP contribution in [0.15, 0.2) is 42.5 Å². The van der Waals surface area contributed by atoms with Gasteiger partial charge in [0, 0.05) is 11.6 Å². The van der Waals surface area contributed by atoms with Crippen LogP contribution in [0.1, 0.15) is 36.5 Å². The second kappa shape index (κ2) is 11.1. The highest BCUT2D eigenvalue weighted by atomic mass is 32.1. The Morgan fingerprint density at radius 2 is 1.71 bits per heavy atom. The van der Waals surface area contributed by atoms with Crippen LogP contribution in [-0.4, -0.2) is 31.8 Å². The number of anilines is 1. The Bertz CT molecular complexity index is 793. The molecular weight excluding hydrogens is 376 g/mol. The van der Waals surface area contributed by atoms with E-state index in [4.69, 9.17) is 26.4 Å². The van der Waals surface area contributed by atoms with Crippen molar-refractivity contribution in [3.63, 3.8) is 0 Å².